The highest BCUT2D eigenvalue weighted by molar-refractivity contribution is 5.20. The van der Waals surface area contributed by atoms with Crippen LogP contribution in [0.1, 0.15) is 25.0 Å². The van der Waals surface area contributed by atoms with Crippen molar-refractivity contribution in [1.82, 2.24) is 4.98 Å². The van der Waals surface area contributed by atoms with Gasteiger partial charge in [0.25, 0.3) is 0 Å². The summed E-state index contributed by atoms with van der Waals surface area (Å²) < 4.78 is 16.4. The van der Waals surface area contributed by atoms with E-state index in [1.54, 1.807) is 19.4 Å². The van der Waals surface area contributed by atoms with E-state index in [0.717, 1.165) is 43.7 Å². The summed E-state index contributed by atoms with van der Waals surface area (Å²) in [4.78, 5) is 4.42. The molecule has 1 aliphatic carbocycles. The predicted octanol–water partition coefficient (Wildman–Crippen LogP) is 2.77. The molecule has 0 aromatic carbocycles. The summed E-state index contributed by atoms with van der Waals surface area (Å²) in [6.45, 7) is 4.97. The van der Waals surface area contributed by atoms with E-state index in [0.29, 0.717) is 12.7 Å². The molecule has 2 rings (SSSR count). The van der Waals surface area contributed by atoms with Crippen LogP contribution in [0.3, 0.4) is 0 Å². The van der Waals surface area contributed by atoms with Crippen molar-refractivity contribution in [2.45, 2.75) is 37.9 Å². The molecular formula is C16H23NO3. The van der Waals surface area contributed by atoms with Gasteiger partial charge >= 0.3 is 0 Å². The first-order valence-electron chi connectivity index (χ1n) is 7.15. The van der Waals surface area contributed by atoms with Gasteiger partial charge in [0.15, 0.2) is 0 Å². The third-order valence-corrected chi connectivity index (χ3v) is 3.44. The number of ether oxygens (including phenoxy) is 3. The third-order valence-electron chi connectivity index (χ3n) is 3.44. The molecule has 1 aromatic rings. The van der Waals surface area contributed by atoms with Crippen molar-refractivity contribution >= 4 is 0 Å². The highest BCUT2D eigenvalue weighted by Gasteiger charge is 2.30. The number of aromatic nitrogens is 1. The fourth-order valence-electron chi connectivity index (χ4n) is 2.15. The number of pyridine rings is 1. The van der Waals surface area contributed by atoms with E-state index in [4.69, 9.17) is 14.2 Å². The van der Waals surface area contributed by atoms with Crippen molar-refractivity contribution < 1.29 is 14.2 Å². The molecule has 110 valence electrons. The summed E-state index contributed by atoms with van der Waals surface area (Å²) in [7, 11) is 1.75. The lowest BCUT2D eigenvalue weighted by Crippen LogP contribution is -2.38. The quantitative estimate of drug-likeness (QED) is 0.514. The number of rotatable bonds is 9. The van der Waals surface area contributed by atoms with Gasteiger partial charge in [-0.1, -0.05) is 6.08 Å². The Hall–Kier alpha value is -1.39. The first kappa shape index (κ1) is 15.0. The van der Waals surface area contributed by atoms with Gasteiger partial charge in [0.05, 0.1) is 18.9 Å². The van der Waals surface area contributed by atoms with E-state index in [2.05, 4.69) is 11.6 Å². The zero-order chi connectivity index (χ0) is 14.2. The van der Waals surface area contributed by atoms with Gasteiger partial charge in [0.2, 0.25) is 0 Å². The first-order valence-corrected chi connectivity index (χ1v) is 7.15. The van der Waals surface area contributed by atoms with Gasteiger partial charge in [-0.05, 0) is 25.0 Å². The molecule has 4 nitrogen and oxygen atoms in total. The molecule has 1 saturated carbocycles. The topological polar surface area (TPSA) is 40.6 Å². The maximum absolute atomic E-state index is 5.82. The molecule has 1 aromatic heterocycles. The molecule has 0 saturated heterocycles. The van der Waals surface area contributed by atoms with Crippen LogP contribution < -0.4 is 4.74 Å². The second-order valence-corrected chi connectivity index (χ2v) is 5.02. The Bertz CT molecular complexity index is 399. The molecule has 1 aliphatic rings. The van der Waals surface area contributed by atoms with Crippen molar-refractivity contribution in [1.29, 1.82) is 0 Å². The third kappa shape index (κ3) is 4.62. The van der Waals surface area contributed by atoms with Gasteiger partial charge in [0, 0.05) is 32.3 Å². The smallest absolute Gasteiger partial charge is 0.138 e. The highest BCUT2D eigenvalue weighted by atomic mass is 16.5. The van der Waals surface area contributed by atoms with E-state index in [9.17, 15) is 0 Å². The normalized spacial score (nSPS) is 21.2. The maximum atomic E-state index is 5.82. The van der Waals surface area contributed by atoms with Crippen LogP contribution in [0.2, 0.25) is 0 Å². The average Bonchev–Trinajstić information content (AvgIpc) is 2.43. The first-order chi connectivity index (χ1) is 9.81. The van der Waals surface area contributed by atoms with Crippen LogP contribution in [0.15, 0.2) is 31.0 Å². The zero-order valence-electron chi connectivity index (χ0n) is 12.1. The second-order valence-electron chi connectivity index (χ2n) is 5.02. The van der Waals surface area contributed by atoms with Crippen LogP contribution in [-0.2, 0) is 15.9 Å². The van der Waals surface area contributed by atoms with Crippen LogP contribution in [0.4, 0.5) is 0 Å². The van der Waals surface area contributed by atoms with Gasteiger partial charge in [-0.3, -0.25) is 4.98 Å². The Morgan fingerprint density at radius 2 is 2.20 bits per heavy atom. The summed E-state index contributed by atoms with van der Waals surface area (Å²) in [6, 6.07) is 4.02. The van der Waals surface area contributed by atoms with Crippen molar-refractivity contribution in [2.24, 2.45) is 0 Å². The van der Waals surface area contributed by atoms with Crippen molar-refractivity contribution in [2.75, 3.05) is 20.3 Å². The summed E-state index contributed by atoms with van der Waals surface area (Å²) >= 11 is 0. The molecule has 20 heavy (non-hydrogen) atoms. The lowest BCUT2D eigenvalue weighted by atomic mass is 9.92. The summed E-state index contributed by atoms with van der Waals surface area (Å²) in [6.07, 6.45) is 8.05. The molecule has 0 amide bonds. The number of methoxy groups -OCH3 is 1. The maximum Gasteiger partial charge on any atom is 0.138 e. The van der Waals surface area contributed by atoms with Gasteiger partial charge in [0.1, 0.15) is 11.9 Å². The number of nitrogens with zero attached hydrogens (tertiary/aromatic N) is 1. The fraction of sp³-hybridized carbons (Fsp3) is 0.562. The molecule has 0 unspecified atom stereocenters. The molecule has 0 N–H and O–H groups in total. The van der Waals surface area contributed by atoms with E-state index in [1.165, 1.54) is 0 Å². The number of hydrogen-bond acceptors (Lipinski definition) is 4. The van der Waals surface area contributed by atoms with Crippen LogP contribution in [0.5, 0.6) is 5.75 Å². The van der Waals surface area contributed by atoms with E-state index in [1.807, 2.05) is 12.1 Å². The SMILES string of the molecule is C=CCOCCCc1ccc(OC2CC(OC)C2)cn1. The number of aryl methyl sites for hydroxylation is 1. The lowest BCUT2D eigenvalue weighted by Gasteiger charge is -2.34. The molecule has 4 heteroatoms. The van der Waals surface area contributed by atoms with Crippen LogP contribution in [0, 0.1) is 0 Å². The van der Waals surface area contributed by atoms with Gasteiger partial charge < -0.3 is 14.2 Å². The van der Waals surface area contributed by atoms with E-state index in [-0.39, 0.29) is 6.10 Å². The Labute approximate surface area is 120 Å². The van der Waals surface area contributed by atoms with Crippen molar-refractivity contribution in [3.63, 3.8) is 0 Å². The lowest BCUT2D eigenvalue weighted by molar-refractivity contribution is -0.0382. The Balaban J connectivity index is 1.66. The summed E-state index contributed by atoms with van der Waals surface area (Å²) in [5.41, 5.74) is 1.07. The zero-order valence-corrected chi connectivity index (χ0v) is 12.1. The minimum Gasteiger partial charge on any atom is -0.489 e. The molecule has 0 bridgehead atoms. The van der Waals surface area contributed by atoms with Crippen LogP contribution >= 0.6 is 0 Å². The standard InChI is InChI=1S/C16H23NO3/c1-3-8-19-9-4-5-13-6-7-14(12-17-13)20-16-10-15(11-16)18-2/h3,6-7,12,15-16H,1,4-5,8-11H2,2H3. The minimum absolute atomic E-state index is 0.278. The average molecular weight is 277 g/mol. The van der Waals surface area contributed by atoms with Gasteiger partial charge in [-0.2, -0.15) is 0 Å². The second kappa shape index (κ2) is 8.02. The Kier molecular flexibility index (Phi) is 6.02. The minimum atomic E-state index is 0.278. The monoisotopic (exact) mass is 277 g/mol. The molecule has 0 aliphatic heterocycles. The van der Waals surface area contributed by atoms with Crippen molar-refractivity contribution in [3.8, 4) is 5.75 Å². The van der Waals surface area contributed by atoms with Gasteiger partial charge in [-0.25, -0.2) is 0 Å². The van der Waals surface area contributed by atoms with Crippen LogP contribution in [0.25, 0.3) is 0 Å². The Morgan fingerprint density at radius 1 is 1.35 bits per heavy atom. The predicted molar refractivity (Wildman–Crippen MR) is 78.0 cm³/mol. The summed E-state index contributed by atoms with van der Waals surface area (Å²) in [5.74, 6) is 0.844. The number of hydrogen-bond donors (Lipinski definition) is 0. The van der Waals surface area contributed by atoms with Crippen LogP contribution in [-0.4, -0.2) is 37.5 Å². The van der Waals surface area contributed by atoms with E-state index < -0.39 is 0 Å². The van der Waals surface area contributed by atoms with Crippen molar-refractivity contribution in [3.05, 3.63) is 36.7 Å². The summed E-state index contributed by atoms with van der Waals surface area (Å²) in [5, 5.41) is 0. The largest absolute Gasteiger partial charge is 0.489 e. The molecular weight excluding hydrogens is 254 g/mol. The molecule has 0 radical (unpaired) electrons. The highest BCUT2D eigenvalue weighted by Crippen LogP contribution is 2.27. The van der Waals surface area contributed by atoms with E-state index >= 15 is 0 Å². The van der Waals surface area contributed by atoms with Gasteiger partial charge in [-0.15, -0.1) is 6.58 Å². The Morgan fingerprint density at radius 3 is 2.85 bits per heavy atom. The molecule has 0 spiro atoms. The molecule has 0 atom stereocenters. The molecule has 1 heterocycles. The fourth-order valence-corrected chi connectivity index (χ4v) is 2.15. The molecule has 1 fully saturated rings.